The molecule has 1 aromatic heterocycles. The van der Waals surface area contributed by atoms with Crippen LogP contribution in [0.15, 0.2) is 95.6 Å². The standard InChI is InChI=1S/C25H20ClNO3/c26-21-13-11-18(12-14-21)22-17-29-23(27-22)15-16-24(28)30-25(19-7-3-1-4-8-19)20-9-5-2-6-10-20/h1-14,17,25H,15-16H2. The highest BCUT2D eigenvalue weighted by molar-refractivity contribution is 6.30. The average molecular weight is 418 g/mol. The summed E-state index contributed by atoms with van der Waals surface area (Å²) in [5, 5.41) is 0.664. The number of rotatable bonds is 7. The van der Waals surface area contributed by atoms with Crippen molar-refractivity contribution in [2.75, 3.05) is 0 Å². The van der Waals surface area contributed by atoms with Crippen LogP contribution in [0.25, 0.3) is 11.3 Å². The van der Waals surface area contributed by atoms with Gasteiger partial charge in [-0.15, -0.1) is 0 Å². The summed E-state index contributed by atoms with van der Waals surface area (Å²) < 4.78 is 11.3. The fraction of sp³-hybridized carbons (Fsp3) is 0.120. The molecule has 4 aromatic rings. The number of benzene rings is 3. The molecule has 4 nitrogen and oxygen atoms in total. The Kier molecular flexibility index (Phi) is 6.26. The van der Waals surface area contributed by atoms with Crippen LogP contribution >= 0.6 is 11.6 Å². The zero-order valence-corrected chi connectivity index (χ0v) is 17.0. The summed E-state index contributed by atoms with van der Waals surface area (Å²) >= 11 is 5.92. The molecule has 0 amide bonds. The molecule has 0 radical (unpaired) electrons. The van der Waals surface area contributed by atoms with Gasteiger partial charge in [-0.05, 0) is 23.3 Å². The van der Waals surface area contributed by atoms with Crippen molar-refractivity contribution in [3.8, 4) is 11.3 Å². The lowest BCUT2D eigenvalue weighted by Gasteiger charge is -2.18. The Labute approximate surface area is 180 Å². The molecule has 150 valence electrons. The number of carbonyl (C=O) groups is 1. The maximum Gasteiger partial charge on any atom is 0.307 e. The van der Waals surface area contributed by atoms with Crippen LogP contribution in [0, 0.1) is 0 Å². The van der Waals surface area contributed by atoms with Gasteiger partial charge in [0.15, 0.2) is 12.0 Å². The van der Waals surface area contributed by atoms with Crippen molar-refractivity contribution in [1.82, 2.24) is 4.98 Å². The zero-order valence-electron chi connectivity index (χ0n) is 16.2. The normalized spacial score (nSPS) is 10.9. The first-order valence-electron chi connectivity index (χ1n) is 9.69. The van der Waals surface area contributed by atoms with E-state index in [2.05, 4.69) is 4.98 Å². The molecule has 0 N–H and O–H groups in total. The van der Waals surface area contributed by atoms with Gasteiger partial charge in [-0.1, -0.05) is 84.4 Å². The fourth-order valence-corrected chi connectivity index (χ4v) is 3.29. The van der Waals surface area contributed by atoms with Crippen molar-refractivity contribution in [3.63, 3.8) is 0 Å². The van der Waals surface area contributed by atoms with Crippen LogP contribution in [0.3, 0.4) is 0 Å². The molecule has 0 aliphatic carbocycles. The minimum Gasteiger partial charge on any atom is -0.453 e. The molecule has 3 aromatic carbocycles. The lowest BCUT2D eigenvalue weighted by atomic mass is 10.0. The van der Waals surface area contributed by atoms with Crippen molar-refractivity contribution < 1.29 is 13.9 Å². The van der Waals surface area contributed by atoms with E-state index < -0.39 is 6.10 Å². The molecule has 0 spiro atoms. The van der Waals surface area contributed by atoms with Crippen molar-refractivity contribution in [2.24, 2.45) is 0 Å². The number of carbonyl (C=O) groups excluding carboxylic acids is 1. The average Bonchev–Trinajstić information content (AvgIpc) is 3.27. The van der Waals surface area contributed by atoms with Crippen LogP contribution < -0.4 is 0 Å². The molecule has 0 bridgehead atoms. The van der Waals surface area contributed by atoms with Crippen LogP contribution in [0.5, 0.6) is 0 Å². The Hall–Kier alpha value is -3.37. The summed E-state index contributed by atoms with van der Waals surface area (Å²) in [5.74, 6) is 0.187. The monoisotopic (exact) mass is 417 g/mol. The predicted octanol–water partition coefficient (Wildman–Crippen LogP) is 6.26. The van der Waals surface area contributed by atoms with Gasteiger partial charge in [-0.2, -0.15) is 0 Å². The summed E-state index contributed by atoms with van der Waals surface area (Å²) in [6, 6.07) is 26.8. The number of aromatic nitrogens is 1. The van der Waals surface area contributed by atoms with Crippen molar-refractivity contribution in [2.45, 2.75) is 18.9 Å². The number of hydrogen-bond donors (Lipinski definition) is 0. The number of ether oxygens (including phenoxy) is 1. The second-order valence-electron chi connectivity index (χ2n) is 6.82. The SMILES string of the molecule is O=C(CCc1nc(-c2ccc(Cl)cc2)co1)OC(c1ccccc1)c1ccccc1. The molecular formula is C25H20ClNO3. The van der Waals surface area contributed by atoms with Gasteiger partial charge in [0.25, 0.3) is 0 Å². The zero-order chi connectivity index (χ0) is 20.8. The summed E-state index contributed by atoms with van der Waals surface area (Å²) in [5.41, 5.74) is 3.48. The van der Waals surface area contributed by atoms with E-state index in [0.717, 1.165) is 16.7 Å². The van der Waals surface area contributed by atoms with E-state index >= 15 is 0 Å². The van der Waals surface area contributed by atoms with Gasteiger partial charge in [0.05, 0.1) is 6.42 Å². The predicted molar refractivity (Wildman–Crippen MR) is 116 cm³/mol. The fourth-order valence-electron chi connectivity index (χ4n) is 3.16. The minimum atomic E-state index is -0.450. The number of oxazole rings is 1. The molecule has 1 heterocycles. The Bertz CT molecular complexity index is 1050. The number of esters is 1. The van der Waals surface area contributed by atoms with Gasteiger partial charge in [-0.25, -0.2) is 4.98 Å². The highest BCUT2D eigenvalue weighted by Crippen LogP contribution is 2.27. The number of aryl methyl sites for hydroxylation is 1. The smallest absolute Gasteiger partial charge is 0.307 e. The third-order valence-electron chi connectivity index (χ3n) is 4.69. The van der Waals surface area contributed by atoms with Gasteiger partial charge in [-0.3, -0.25) is 4.79 Å². The molecule has 0 unspecified atom stereocenters. The van der Waals surface area contributed by atoms with E-state index in [-0.39, 0.29) is 12.4 Å². The van der Waals surface area contributed by atoms with E-state index in [1.165, 1.54) is 0 Å². The first-order chi connectivity index (χ1) is 14.7. The van der Waals surface area contributed by atoms with Crippen LogP contribution in [-0.2, 0) is 16.0 Å². The summed E-state index contributed by atoms with van der Waals surface area (Å²) in [4.78, 5) is 17.0. The molecule has 0 saturated carbocycles. The number of hydrogen-bond acceptors (Lipinski definition) is 4. The van der Waals surface area contributed by atoms with Crippen LogP contribution in [0.4, 0.5) is 0 Å². The van der Waals surface area contributed by atoms with Crippen molar-refractivity contribution in [3.05, 3.63) is 113 Å². The molecule has 0 aliphatic heterocycles. The Morgan fingerprint density at radius 3 is 2.10 bits per heavy atom. The highest BCUT2D eigenvalue weighted by atomic mass is 35.5. The molecule has 5 heteroatoms. The van der Waals surface area contributed by atoms with E-state index in [9.17, 15) is 4.79 Å². The largest absolute Gasteiger partial charge is 0.453 e. The molecule has 0 aliphatic rings. The third kappa shape index (κ3) is 4.97. The summed E-state index contributed by atoms with van der Waals surface area (Å²) in [6.45, 7) is 0. The summed E-state index contributed by atoms with van der Waals surface area (Å²) in [7, 11) is 0. The number of nitrogens with zero attached hydrogens (tertiary/aromatic N) is 1. The van der Waals surface area contributed by atoms with Gasteiger partial charge >= 0.3 is 5.97 Å². The van der Waals surface area contributed by atoms with E-state index in [1.807, 2.05) is 72.8 Å². The topological polar surface area (TPSA) is 52.3 Å². The van der Waals surface area contributed by atoms with Crippen LogP contribution in [-0.4, -0.2) is 11.0 Å². The van der Waals surface area contributed by atoms with Gasteiger partial charge in [0.1, 0.15) is 12.0 Å². The van der Waals surface area contributed by atoms with Crippen LogP contribution in [0.1, 0.15) is 29.5 Å². The Morgan fingerprint density at radius 1 is 0.900 bits per heavy atom. The van der Waals surface area contributed by atoms with E-state index in [1.54, 1.807) is 18.4 Å². The Balaban J connectivity index is 1.41. The lowest BCUT2D eigenvalue weighted by molar-refractivity contribution is -0.147. The van der Waals surface area contributed by atoms with Crippen LogP contribution in [0.2, 0.25) is 5.02 Å². The van der Waals surface area contributed by atoms with Gasteiger partial charge in [0.2, 0.25) is 0 Å². The lowest BCUT2D eigenvalue weighted by Crippen LogP contribution is -2.13. The van der Waals surface area contributed by atoms with Crippen molar-refractivity contribution >= 4 is 17.6 Å². The van der Waals surface area contributed by atoms with E-state index in [0.29, 0.717) is 23.0 Å². The van der Waals surface area contributed by atoms with Gasteiger partial charge < -0.3 is 9.15 Å². The second-order valence-corrected chi connectivity index (χ2v) is 7.26. The first-order valence-corrected chi connectivity index (χ1v) is 10.1. The summed E-state index contributed by atoms with van der Waals surface area (Å²) in [6.07, 6.45) is 1.68. The maximum absolute atomic E-state index is 12.6. The first kappa shape index (κ1) is 19.9. The maximum atomic E-state index is 12.6. The molecule has 0 saturated heterocycles. The highest BCUT2D eigenvalue weighted by Gasteiger charge is 2.19. The molecule has 30 heavy (non-hydrogen) atoms. The minimum absolute atomic E-state index is 0.177. The quantitative estimate of drug-likeness (QED) is 0.333. The van der Waals surface area contributed by atoms with Crippen molar-refractivity contribution in [1.29, 1.82) is 0 Å². The molecule has 0 fully saturated rings. The number of halogens is 1. The Morgan fingerprint density at radius 2 is 1.50 bits per heavy atom. The third-order valence-corrected chi connectivity index (χ3v) is 4.94. The molecular weight excluding hydrogens is 398 g/mol. The van der Waals surface area contributed by atoms with Gasteiger partial charge in [0, 0.05) is 17.0 Å². The molecule has 0 atom stereocenters. The second kappa shape index (κ2) is 9.42. The van der Waals surface area contributed by atoms with E-state index in [4.69, 9.17) is 20.8 Å². The molecule has 4 rings (SSSR count).